The number of rotatable bonds is 7. The fraction of sp³-hybridized carbons (Fsp3) is 0.500. The van der Waals surface area contributed by atoms with Crippen LogP contribution in [0.25, 0.3) is 0 Å². The van der Waals surface area contributed by atoms with Crippen LogP contribution in [-0.4, -0.2) is 23.8 Å². The van der Waals surface area contributed by atoms with Crippen molar-refractivity contribution < 1.29 is 19.4 Å². The number of ether oxygens (including phenoxy) is 2. The molecule has 0 aromatic heterocycles. The van der Waals surface area contributed by atoms with Gasteiger partial charge in [0.05, 0.1) is 6.61 Å². The van der Waals surface area contributed by atoms with E-state index in [1.54, 1.807) is 24.3 Å². The molecule has 0 radical (unpaired) electrons. The highest BCUT2D eigenvalue weighted by Gasteiger charge is 2.23. The van der Waals surface area contributed by atoms with E-state index >= 15 is 0 Å². The van der Waals surface area contributed by atoms with Crippen LogP contribution in [0.2, 0.25) is 0 Å². The van der Waals surface area contributed by atoms with E-state index < -0.39 is 12.1 Å². The highest BCUT2D eigenvalue weighted by atomic mass is 16.5. The maximum absolute atomic E-state index is 11.0. The fourth-order valence-corrected chi connectivity index (χ4v) is 1.45. The zero-order chi connectivity index (χ0) is 13.5. The Morgan fingerprint density at radius 3 is 2.22 bits per heavy atom. The monoisotopic (exact) mass is 252 g/mol. The summed E-state index contributed by atoms with van der Waals surface area (Å²) in [5, 5.41) is 9.03. The van der Waals surface area contributed by atoms with E-state index in [4.69, 9.17) is 14.6 Å². The van der Waals surface area contributed by atoms with Crippen LogP contribution < -0.4 is 9.47 Å². The molecule has 0 spiro atoms. The predicted octanol–water partition coefficient (Wildman–Crippen LogP) is 2.96. The van der Waals surface area contributed by atoms with E-state index in [2.05, 4.69) is 0 Å². The van der Waals surface area contributed by atoms with Crippen molar-refractivity contribution in [3.63, 3.8) is 0 Å². The zero-order valence-corrected chi connectivity index (χ0v) is 11.1. The van der Waals surface area contributed by atoms with Gasteiger partial charge in [0.1, 0.15) is 11.5 Å². The van der Waals surface area contributed by atoms with Crippen molar-refractivity contribution >= 4 is 5.97 Å². The fourth-order valence-electron chi connectivity index (χ4n) is 1.45. The molecule has 1 atom stereocenters. The van der Waals surface area contributed by atoms with Gasteiger partial charge in [-0.1, -0.05) is 20.8 Å². The van der Waals surface area contributed by atoms with Gasteiger partial charge in [-0.3, -0.25) is 0 Å². The number of carbonyl (C=O) groups is 1. The van der Waals surface area contributed by atoms with Crippen LogP contribution in [0.5, 0.6) is 11.5 Å². The molecule has 0 saturated carbocycles. The number of aliphatic carboxylic acids is 1. The quantitative estimate of drug-likeness (QED) is 0.810. The van der Waals surface area contributed by atoms with Crippen molar-refractivity contribution in [2.24, 2.45) is 5.92 Å². The van der Waals surface area contributed by atoms with Crippen LogP contribution in [0.4, 0.5) is 0 Å². The van der Waals surface area contributed by atoms with Crippen molar-refractivity contribution in [3.8, 4) is 11.5 Å². The second-order valence-electron chi connectivity index (χ2n) is 4.44. The summed E-state index contributed by atoms with van der Waals surface area (Å²) in [5.41, 5.74) is 0. The van der Waals surface area contributed by atoms with Crippen LogP contribution in [0, 0.1) is 5.92 Å². The maximum atomic E-state index is 11.0. The lowest BCUT2D eigenvalue weighted by atomic mass is 10.1. The SMILES string of the molecule is CCCOc1ccc(OC(C(=O)O)C(C)C)cc1. The number of carboxylic acids is 1. The van der Waals surface area contributed by atoms with Gasteiger partial charge in [-0.15, -0.1) is 0 Å². The summed E-state index contributed by atoms with van der Waals surface area (Å²) in [5.74, 6) is 0.274. The molecule has 0 fully saturated rings. The summed E-state index contributed by atoms with van der Waals surface area (Å²) in [6, 6.07) is 7.01. The first-order valence-electron chi connectivity index (χ1n) is 6.17. The van der Waals surface area contributed by atoms with Gasteiger partial charge >= 0.3 is 5.97 Å². The molecule has 18 heavy (non-hydrogen) atoms. The van der Waals surface area contributed by atoms with Gasteiger partial charge in [0.25, 0.3) is 0 Å². The van der Waals surface area contributed by atoms with Crippen LogP contribution in [0.15, 0.2) is 24.3 Å². The largest absolute Gasteiger partial charge is 0.494 e. The van der Waals surface area contributed by atoms with E-state index in [9.17, 15) is 4.79 Å². The van der Waals surface area contributed by atoms with Gasteiger partial charge < -0.3 is 14.6 Å². The average Bonchev–Trinajstić information content (AvgIpc) is 2.34. The third kappa shape index (κ3) is 4.28. The summed E-state index contributed by atoms with van der Waals surface area (Å²) in [4.78, 5) is 11.0. The van der Waals surface area contributed by atoms with Crippen LogP contribution in [0.1, 0.15) is 27.2 Å². The lowest BCUT2D eigenvalue weighted by Gasteiger charge is -2.18. The van der Waals surface area contributed by atoms with Gasteiger partial charge in [0.15, 0.2) is 6.10 Å². The summed E-state index contributed by atoms with van der Waals surface area (Å²) in [6.07, 6.45) is 0.125. The van der Waals surface area contributed by atoms with E-state index in [0.717, 1.165) is 12.2 Å². The smallest absolute Gasteiger partial charge is 0.345 e. The van der Waals surface area contributed by atoms with E-state index in [1.807, 2.05) is 20.8 Å². The van der Waals surface area contributed by atoms with Crippen LogP contribution in [-0.2, 0) is 4.79 Å². The summed E-state index contributed by atoms with van der Waals surface area (Å²) >= 11 is 0. The summed E-state index contributed by atoms with van der Waals surface area (Å²) in [7, 11) is 0. The number of hydrogen-bond acceptors (Lipinski definition) is 3. The maximum Gasteiger partial charge on any atom is 0.345 e. The second-order valence-corrected chi connectivity index (χ2v) is 4.44. The van der Waals surface area contributed by atoms with Crippen LogP contribution in [0.3, 0.4) is 0 Å². The Labute approximate surface area is 108 Å². The zero-order valence-electron chi connectivity index (χ0n) is 11.1. The molecule has 0 aliphatic rings. The molecular weight excluding hydrogens is 232 g/mol. The summed E-state index contributed by atoms with van der Waals surface area (Å²) < 4.78 is 10.9. The van der Waals surface area contributed by atoms with Crippen molar-refractivity contribution in [1.82, 2.24) is 0 Å². The van der Waals surface area contributed by atoms with E-state index in [0.29, 0.717) is 12.4 Å². The van der Waals surface area contributed by atoms with Gasteiger partial charge in [-0.2, -0.15) is 0 Å². The molecule has 0 heterocycles. The standard InChI is InChI=1S/C14H20O4/c1-4-9-17-11-5-7-12(8-6-11)18-13(10(2)3)14(15)16/h5-8,10,13H,4,9H2,1-3H3,(H,15,16). The molecule has 1 unspecified atom stereocenters. The van der Waals surface area contributed by atoms with E-state index in [1.165, 1.54) is 0 Å². The highest BCUT2D eigenvalue weighted by Crippen LogP contribution is 2.20. The van der Waals surface area contributed by atoms with Gasteiger partial charge in [0, 0.05) is 5.92 Å². The molecule has 0 aliphatic carbocycles. The number of benzene rings is 1. The Morgan fingerprint density at radius 1 is 1.22 bits per heavy atom. The highest BCUT2D eigenvalue weighted by molar-refractivity contribution is 5.73. The molecule has 1 rings (SSSR count). The molecule has 0 aliphatic heterocycles. The first-order chi connectivity index (χ1) is 8.54. The molecule has 1 aromatic carbocycles. The van der Waals surface area contributed by atoms with Crippen molar-refractivity contribution in [1.29, 1.82) is 0 Å². The molecule has 0 amide bonds. The molecule has 4 nitrogen and oxygen atoms in total. The predicted molar refractivity (Wildman–Crippen MR) is 69.1 cm³/mol. The minimum absolute atomic E-state index is 0.0847. The second kappa shape index (κ2) is 6.89. The molecule has 4 heteroatoms. The lowest BCUT2D eigenvalue weighted by Crippen LogP contribution is -2.32. The minimum Gasteiger partial charge on any atom is -0.494 e. The Bertz CT molecular complexity index is 370. The molecular formula is C14H20O4. The normalized spacial score (nSPS) is 12.2. The lowest BCUT2D eigenvalue weighted by molar-refractivity contribution is -0.147. The Balaban J connectivity index is 2.64. The van der Waals surface area contributed by atoms with Crippen molar-refractivity contribution in [3.05, 3.63) is 24.3 Å². The topological polar surface area (TPSA) is 55.8 Å². The molecule has 0 saturated heterocycles. The third-order valence-corrected chi connectivity index (χ3v) is 2.41. The Morgan fingerprint density at radius 2 is 1.78 bits per heavy atom. The number of hydrogen-bond donors (Lipinski definition) is 1. The van der Waals surface area contributed by atoms with Gasteiger partial charge in [-0.25, -0.2) is 4.79 Å². The van der Waals surface area contributed by atoms with E-state index in [-0.39, 0.29) is 5.92 Å². The molecule has 1 N–H and O–H groups in total. The van der Waals surface area contributed by atoms with Crippen molar-refractivity contribution in [2.75, 3.05) is 6.61 Å². The average molecular weight is 252 g/mol. The van der Waals surface area contributed by atoms with Crippen molar-refractivity contribution in [2.45, 2.75) is 33.3 Å². The molecule has 0 bridgehead atoms. The Hall–Kier alpha value is -1.71. The Kier molecular flexibility index (Phi) is 5.49. The summed E-state index contributed by atoms with van der Waals surface area (Å²) in [6.45, 7) is 6.34. The molecule has 1 aromatic rings. The first-order valence-corrected chi connectivity index (χ1v) is 6.17. The third-order valence-electron chi connectivity index (χ3n) is 2.41. The van der Waals surface area contributed by atoms with Crippen LogP contribution >= 0.6 is 0 Å². The number of carboxylic acid groups (broad SMARTS) is 1. The minimum atomic E-state index is -0.948. The van der Waals surface area contributed by atoms with Gasteiger partial charge in [0.2, 0.25) is 0 Å². The molecule has 100 valence electrons. The first kappa shape index (κ1) is 14.4. The van der Waals surface area contributed by atoms with Gasteiger partial charge in [-0.05, 0) is 30.7 Å².